The third-order valence-corrected chi connectivity index (χ3v) is 7.90. The average molecular weight is 522 g/mol. The molecular weight excluding hydrogens is 493 g/mol. The van der Waals surface area contributed by atoms with E-state index in [0.29, 0.717) is 16.6 Å². The van der Waals surface area contributed by atoms with Crippen LogP contribution in [0.2, 0.25) is 10.0 Å². The number of hydrogen-bond acceptors (Lipinski definition) is 5. The lowest BCUT2D eigenvalue weighted by Gasteiger charge is -2.39. The maximum Gasteiger partial charge on any atom is 0.182 e. The maximum atomic E-state index is 11.2. The Balaban J connectivity index is 1.30. The molecule has 1 atom stereocenters. The highest BCUT2D eigenvalue weighted by molar-refractivity contribution is 6.42. The zero-order valence-electron chi connectivity index (χ0n) is 20.0. The second kappa shape index (κ2) is 11.1. The normalized spacial score (nSPS) is 16.6. The van der Waals surface area contributed by atoms with E-state index < -0.39 is 5.60 Å². The lowest BCUT2D eigenvalue weighted by atomic mass is 9.84. The summed E-state index contributed by atoms with van der Waals surface area (Å²) in [5.41, 5.74) is 2.34. The minimum Gasteiger partial charge on any atom is -0.385 e. The largest absolute Gasteiger partial charge is 0.385 e. The molecule has 0 radical (unpaired) electrons. The molecule has 1 aliphatic rings. The molecular formula is C28H29Cl2N5O. The minimum atomic E-state index is -0.752. The topological polar surface area (TPSA) is 67.1 Å². The van der Waals surface area contributed by atoms with E-state index in [1.54, 1.807) is 0 Å². The van der Waals surface area contributed by atoms with Crippen molar-refractivity contribution < 1.29 is 5.11 Å². The summed E-state index contributed by atoms with van der Waals surface area (Å²) in [7, 11) is 0. The number of aliphatic hydroxyl groups is 1. The molecule has 0 saturated carbocycles. The molecule has 0 spiro atoms. The highest BCUT2D eigenvalue weighted by atomic mass is 35.5. The predicted molar refractivity (Wildman–Crippen MR) is 143 cm³/mol. The van der Waals surface area contributed by atoms with Crippen LogP contribution in [-0.4, -0.2) is 49.8 Å². The molecule has 0 aliphatic carbocycles. The fourth-order valence-corrected chi connectivity index (χ4v) is 5.29. The van der Waals surface area contributed by atoms with Gasteiger partial charge in [0.1, 0.15) is 0 Å². The molecule has 1 aliphatic heterocycles. The molecule has 6 nitrogen and oxygen atoms in total. The predicted octanol–water partition coefficient (Wildman–Crippen LogP) is 5.80. The first-order valence-electron chi connectivity index (χ1n) is 12.3. The van der Waals surface area contributed by atoms with Crippen molar-refractivity contribution >= 4 is 23.2 Å². The molecule has 8 heteroatoms. The average Bonchev–Trinajstić information content (AvgIpc) is 3.38. The van der Waals surface area contributed by atoms with Crippen molar-refractivity contribution in [1.29, 1.82) is 0 Å². The van der Waals surface area contributed by atoms with Crippen molar-refractivity contribution in [2.75, 3.05) is 19.6 Å². The summed E-state index contributed by atoms with van der Waals surface area (Å²) in [6, 6.07) is 25.8. The fraction of sp³-hybridized carbons (Fsp3) is 0.321. The van der Waals surface area contributed by atoms with Crippen molar-refractivity contribution in [3.63, 3.8) is 0 Å². The number of piperidine rings is 1. The number of tetrazole rings is 1. The van der Waals surface area contributed by atoms with Gasteiger partial charge in [-0.2, -0.15) is 0 Å². The second-order valence-electron chi connectivity index (χ2n) is 9.45. The van der Waals surface area contributed by atoms with Gasteiger partial charge in [-0.05, 0) is 59.5 Å². The summed E-state index contributed by atoms with van der Waals surface area (Å²) in [5, 5.41) is 24.8. The van der Waals surface area contributed by atoms with E-state index in [2.05, 4.69) is 20.4 Å². The van der Waals surface area contributed by atoms with Crippen molar-refractivity contribution in [3.05, 3.63) is 100 Å². The molecule has 36 heavy (non-hydrogen) atoms. The van der Waals surface area contributed by atoms with E-state index in [-0.39, 0.29) is 5.92 Å². The van der Waals surface area contributed by atoms with Crippen LogP contribution in [0.25, 0.3) is 11.4 Å². The Labute approximate surface area is 221 Å². The Kier molecular flexibility index (Phi) is 7.67. The molecule has 0 bridgehead atoms. The number of nitrogens with zero attached hydrogens (tertiary/aromatic N) is 5. The number of hydrogen-bond donors (Lipinski definition) is 1. The molecule has 1 fully saturated rings. The van der Waals surface area contributed by atoms with E-state index >= 15 is 0 Å². The number of rotatable bonds is 8. The molecule has 3 aromatic carbocycles. The first-order valence-corrected chi connectivity index (χ1v) is 13.0. The molecule has 4 aromatic rings. The van der Waals surface area contributed by atoms with Crippen molar-refractivity contribution in [2.45, 2.75) is 37.3 Å². The van der Waals surface area contributed by atoms with Crippen LogP contribution in [0.3, 0.4) is 0 Å². The van der Waals surface area contributed by atoms with Gasteiger partial charge in [-0.3, -0.25) is 0 Å². The monoisotopic (exact) mass is 521 g/mol. The smallest absolute Gasteiger partial charge is 0.182 e. The molecule has 0 amide bonds. The number of halogens is 2. The highest BCUT2D eigenvalue weighted by Crippen LogP contribution is 2.34. The molecule has 2 heterocycles. The Morgan fingerprint density at radius 3 is 2.28 bits per heavy atom. The summed E-state index contributed by atoms with van der Waals surface area (Å²) in [6.07, 6.45) is 2.34. The van der Waals surface area contributed by atoms with Gasteiger partial charge in [0, 0.05) is 24.6 Å². The van der Waals surface area contributed by atoms with E-state index in [0.717, 1.165) is 61.4 Å². The van der Waals surface area contributed by atoms with Crippen LogP contribution in [0, 0.1) is 0 Å². The van der Waals surface area contributed by atoms with Crippen molar-refractivity contribution in [2.24, 2.45) is 0 Å². The molecule has 1 unspecified atom stereocenters. The molecule has 1 saturated heterocycles. The Morgan fingerprint density at radius 2 is 1.58 bits per heavy atom. The minimum absolute atomic E-state index is 0.140. The number of benzene rings is 3. The third-order valence-electron chi connectivity index (χ3n) is 7.16. The summed E-state index contributed by atoms with van der Waals surface area (Å²) in [6.45, 7) is 3.22. The molecule has 186 valence electrons. The van der Waals surface area contributed by atoms with Crippen LogP contribution in [-0.2, 0) is 12.1 Å². The van der Waals surface area contributed by atoms with Gasteiger partial charge < -0.3 is 10.0 Å². The van der Waals surface area contributed by atoms with Gasteiger partial charge in [-0.1, -0.05) is 89.9 Å². The van der Waals surface area contributed by atoms with Gasteiger partial charge in [-0.25, -0.2) is 4.68 Å². The fourth-order valence-electron chi connectivity index (χ4n) is 4.98. The van der Waals surface area contributed by atoms with E-state index in [1.807, 2.05) is 83.5 Å². The van der Waals surface area contributed by atoms with Gasteiger partial charge in [0.2, 0.25) is 0 Å². The van der Waals surface area contributed by atoms with E-state index in [9.17, 15) is 5.11 Å². The van der Waals surface area contributed by atoms with E-state index in [4.69, 9.17) is 23.2 Å². The summed E-state index contributed by atoms with van der Waals surface area (Å²) >= 11 is 12.6. The summed E-state index contributed by atoms with van der Waals surface area (Å²) in [5.74, 6) is 0.882. The zero-order chi connectivity index (χ0) is 25.0. The van der Waals surface area contributed by atoms with Crippen LogP contribution in [0.5, 0.6) is 0 Å². The molecule has 5 rings (SSSR count). The zero-order valence-corrected chi connectivity index (χ0v) is 21.5. The Bertz CT molecular complexity index is 1270. The number of aromatic nitrogens is 4. The molecule has 1 N–H and O–H groups in total. The van der Waals surface area contributed by atoms with Gasteiger partial charge in [0.25, 0.3) is 0 Å². The standard InChI is InChI=1S/C28H29Cl2N5O/c29-25-12-11-22(19-26(25)30)23(20-35-27(31-32-33-35)21-7-3-1-4-8-21)13-16-34-17-14-28(36,15-18-34)24-9-5-2-6-10-24/h1-12,19,23,36H,13-18,20H2. The van der Waals surface area contributed by atoms with Gasteiger partial charge in [-0.15, -0.1) is 5.10 Å². The van der Waals surface area contributed by atoms with Crippen LogP contribution in [0.1, 0.15) is 36.3 Å². The molecule has 1 aromatic heterocycles. The number of likely N-dealkylation sites (tertiary alicyclic amines) is 1. The maximum absolute atomic E-state index is 11.2. The second-order valence-corrected chi connectivity index (χ2v) is 10.3. The Morgan fingerprint density at radius 1 is 0.889 bits per heavy atom. The Hall–Kier alpha value is -2.77. The lowest BCUT2D eigenvalue weighted by Crippen LogP contribution is -2.43. The van der Waals surface area contributed by atoms with Gasteiger partial charge in [0.15, 0.2) is 5.82 Å². The van der Waals surface area contributed by atoms with Crippen LogP contribution in [0.15, 0.2) is 78.9 Å². The van der Waals surface area contributed by atoms with E-state index in [1.165, 1.54) is 0 Å². The highest BCUT2D eigenvalue weighted by Gasteiger charge is 2.34. The first-order chi connectivity index (χ1) is 17.5. The lowest BCUT2D eigenvalue weighted by molar-refractivity contribution is -0.0264. The quantitative estimate of drug-likeness (QED) is 0.317. The first kappa shape index (κ1) is 24.9. The van der Waals surface area contributed by atoms with Crippen LogP contribution < -0.4 is 0 Å². The van der Waals surface area contributed by atoms with Gasteiger partial charge in [0.05, 0.1) is 22.2 Å². The van der Waals surface area contributed by atoms with Crippen molar-refractivity contribution in [1.82, 2.24) is 25.1 Å². The van der Waals surface area contributed by atoms with Crippen molar-refractivity contribution in [3.8, 4) is 11.4 Å². The summed E-state index contributed by atoms with van der Waals surface area (Å²) < 4.78 is 1.87. The van der Waals surface area contributed by atoms with Crippen LogP contribution >= 0.6 is 23.2 Å². The van der Waals surface area contributed by atoms with Gasteiger partial charge >= 0.3 is 0 Å². The van der Waals surface area contributed by atoms with Crippen LogP contribution in [0.4, 0.5) is 0 Å². The SMILES string of the molecule is OC1(c2ccccc2)CCN(CCC(Cn2nnnc2-c2ccccc2)c2ccc(Cl)c(Cl)c2)CC1. The third kappa shape index (κ3) is 5.62. The summed E-state index contributed by atoms with van der Waals surface area (Å²) in [4.78, 5) is 2.43.